The smallest absolute Gasteiger partial charge is 0.221 e. The van der Waals surface area contributed by atoms with Crippen LogP contribution in [0.2, 0.25) is 0 Å². The summed E-state index contributed by atoms with van der Waals surface area (Å²) in [6.45, 7) is 0. The van der Waals surface area contributed by atoms with Crippen molar-refractivity contribution in [3.63, 3.8) is 0 Å². The Labute approximate surface area is 129 Å². The van der Waals surface area contributed by atoms with E-state index in [4.69, 9.17) is 25.1 Å². The number of hydrogen-bond donors (Lipinski definition) is 2. The minimum Gasteiger partial charge on any atom is -0.493 e. The van der Waals surface area contributed by atoms with Gasteiger partial charge < -0.3 is 20.9 Å². The summed E-state index contributed by atoms with van der Waals surface area (Å²) >= 11 is 3.30. The van der Waals surface area contributed by atoms with E-state index < -0.39 is 7.04 Å². The highest BCUT2D eigenvalue weighted by atomic mass is 79.9. The normalized spacial score (nSPS) is 13.2. The van der Waals surface area contributed by atoms with E-state index in [-0.39, 0.29) is 17.5 Å². The molecule has 0 saturated heterocycles. The molecule has 0 fully saturated rings. The van der Waals surface area contributed by atoms with E-state index in [0.717, 1.165) is 5.56 Å². The molecule has 106 valence electrons. The van der Waals surface area contributed by atoms with Gasteiger partial charge >= 0.3 is 0 Å². The molecule has 7 heteroatoms. The number of nitrogens with two attached hydrogens (primary N) is 2. The minimum absolute atomic E-state index is 0.103. The van der Waals surface area contributed by atoms with Crippen LogP contribution in [0.5, 0.6) is 11.5 Å². The number of ether oxygens (including phenoxy) is 2. The number of methoxy groups -OCH3 is 2. The maximum atomic E-state index is 7.21. The van der Waals surface area contributed by atoms with Gasteiger partial charge in [0.2, 0.25) is 5.95 Å². The molecule has 0 bridgehead atoms. The fourth-order valence-electron chi connectivity index (χ4n) is 1.76. The molecule has 1 aromatic heterocycles. The van der Waals surface area contributed by atoms with Crippen LogP contribution in [0.3, 0.4) is 0 Å². The van der Waals surface area contributed by atoms with Gasteiger partial charge in [0.25, 0.3) is 0 Å². The van der Waals surface area contributed by atoms with Gasteiger partial charge in [0.05, 0.1) is 22.7 Å². The molecule has 1 aromatic carbocycles. The van der Waals surface area contributed by atoms with Crippen molar-refractivity contribution in [2.45, 2.75) is 6.42 Å². The first-order chi connectivity index (χ1) is 10.7. The molecule has 0 spiro atoms. The summed E-state index contributed by atoms with van der Waals surface area (Å²) in [6.07, 6.45) is 1.97. The van der Waals surface area contributed by atoms with Gasteiger partial charge in [-0.3, -0.25) is 0 Å². The van der Waals surface area contributed by atoms with Crippen LogP contribution in [0.15, 0.2) is 22.8 Å². The molecular weight excluding hydrogens is 324 g/mol. The average molecular weight is 342 g/mol. The van der Waals surface area contributed by atoms with Crippen LogP contribution in [0.1, 0.15) is 15.2 Å². The fourth-order valence-corrected chi connectivity index (χ4v) is 2.34. The largest absolute Gasteiger partial charge is 0.493 e. The van der Waals surface area contributed by atoms with Gasteiger partial charge in [-0.05, 0) is 33.6 Å². The molecule has 0 aliphatic heterocycles. The lowest BCUT2D eigenvalue weighted by atomic mass is 10.1. The van der Waals surface area contributed by atoms with E-state index in [0.29, 0.717) is 22.2 Å². The molecule has 6 nitrogen and oxygen atoms in total. The predicted molar refractivity (Wildman–Crippen MR) is 80.9 cm³/mol. The van der Waals surface area contributed by atoms with Crippen molar-refractivity contribution in [2.75, 3.05) is 25.6 Å². The van der Waals surface area contributed by atoms with Crippen molar-refractivity contribution in [3.05, 3.63) is 33.9 Å². The SMILES string of the molecule is [2H]C([2H])([2H])Oc1c(Br)cc(Cc2cnc(N)nc2N)cc1OC. The fraction of sp³-hybridized carbons (Fsp3) is 0.231. The summed E-state index contributed by atoms with van der Waals surface area (Å²) in [5.74, 6) is 0.792. The second-order valence-corrected chi connectivity index (χ2v) is 4.88. The first-order valence-corrected chi connectivity index (χ1v) is 6.41. The van der Waals surface area contributed by atoms with Crippen molar-refractivity contribution in [3.8, 4) is 11.5 Å². The highest BCUT2D eigenvalue weighted by Gasteiger charge is 2.12. The first-order valence-electron chi connectivity index (χ1n) is 7.12. The number of halogens is 1. The van der Waals surface area contributed by atoms with Crippen LogP contribution in [0, 0.1) is 0 Å². The zero-order valence-corrected chi connectivity index (χ0v) is 12.3. The molecule has 20 heavy (non-hydrogen) atoms. The molecule has 0 radical (unpaired) electrons. The molecule has 4 N–H and O–H groups in total. The summed E-state index contributed by atoms with van der Waals surface area (Å²) in [5.41, 5.74) is 12.8. The van der Waals surface area contributed by atoms with Gasteiger partial charge in [0.15, 0.2) is 11.5 Å². The summed E-state index contributed by atoms with van der Waals surface area (Å²) in [6, 6.07) is 3.39. The number of nitrogens with zero attached hydrogens (tertiary/aromatic N) is 2. The molecule has 1 heterocycles. The Balaban J connectivity index is 2.36. The van der Waals surface area contributed by atoms with Crippen LogP contribution >= 0.6 is 15.9 Å². The highest BCUT2D eigenvalue weighted by molar-refractivity contribution is 9.10. The van der Waals surface area contributed by atoms with Crippen molar-refractivity contribution in [2.24, 2.45) is 0 Å². The van der Waals surface area contributed by atoms with Gasteiger partial charge in [-0.15, -0.1) is 0 Å². The van der Waals surface area contributed by atoms with Crippen LogP contribution in [0.25, 0.3) is 0 Å². The Hall–Kier alpha value is -2.02. The number of aromatic nitrogens is 2. The molecule has 0 aliphatic rings. The number of rotatable bonds is 4. The Morgan fingerprint density at radius 2 is 2.15 bits per heavy atom. The Morgan fingerprint density at radius 3 is 2.80 bits per heavy atom. The highest BCUT2D eigenvalue weighted by Crippen LogP contribution is 2.36. The number of benzene rings is 1. The number of anilines is 2. The molecule has 0 aliphatic carbocycles. The quantitative estimate of drug-likeness (QED) is 0.882. The second kappa shape index (κ2) is 5.96. The van der Waals surface area contributed by atoms with E-state index >= 15 is 0 Å². The van der Waals surface area contributed by atoms with Crippen LogP contribution in [-0.2, 0) is 6.42 Å². The van der Waals surface area contributed by atoms with E-state index in [1.54, 1.807) is 18.3 Å². The second-order valence-electron chi connectivity index (χ2n) is 4.03. The van der Waals surface area contributed by atoms with E-state index in [2.05, 4.69) is 25.9 Å². The van der Waals surface area contributed by atoms with E-state index in [1.807, 2.05) is 0 Å². The van der Waals surface area contributed by atoms with Gasteiger partial charge in [-0.1, -0.05) is 0 Å². The van der Waals surface area contributed by atoms with Gasteiger partial charge in [-0.25, -0.2) is 4.98 Å². The zero-order chi connectivity index (χ0) is 17.2. The molecule has 2 rings (SSSR count). The molecule has 0 saturated carbocycles. The average Bonchev–Trinajstić information content (AvgIpc) is 2.43. The third-order valence-electron chi connectivity index (χ3n) is 2.70. The van der Waals surface area contributed by atoms with E-state index in [1.165, 1.54) is 7.11 Å². The Morgan fingerprint density at radius 1 is 1.35 bits per heavy atom. The topological polar surface area (TPSA) is 96.3 Å². The maximum absolute atomic E-state index is 7.21. The Bertz CT molecular complexity index is 725. The number of hydrogen-bond acceptors (Lipinski definition) is 6. The third kappa shape index (κ3) is 2.93. The summed E-state index contributed by atoms with van der Waals surface area (Å²) in [4.78, 5) is 7.81. The lowest BCUT2D eigenvalue weighted by molar-refractivity contribution is 0.352. The number of nitrogen functional groups attached to an aromatic ring is 2. The van der Waals surface area contributed by atoms with Crippen molar-refractivity contribution in [1.82, 2.24) is 9.97 Å². The third-order valence-corrected chi connectivity index (χ3v) is 3.29. The van der Waals surface area contributed by atoms with Gasteiger partial charge in [-0.2, -0.15) is 4.98 Å². The van der Waals surface area contributed by atoms with Gasteiger partial charge in [0, 0.05) is 18.2 Å². The first kappa shape index (κ1) is 10.7. The molecule has 0 amide bonds. The lowest BCUT2D eigenvalue weighted by Gasteiger charge is -2.12. The summed E-state index contributed by atoms with van der Waals surface area (Å²) < 4.78 is 32.3. The monoisotopic (exact) mass is 341 g/mol. The van der Waals surface area contributed by atoms with Crippen LogP contribution in [-0.4, -0.2) is 24.1 Å². The Kier molecular flexibility index (Phi) is 3.20. The molecular formula is C13H15BrN4O2. The van der Waals surface area contributed by atoms with Crippen molar-refractivity contribution < 1.29 is 13.6 Å². The molecule has 0 unspecified atom stereocenters. The van der Waals surface area contributed by atoms with Gasteiger partial charge in [0.1, 0.15) is 5.82 Å². The lowest BCUT2D eigenvalue weighted by Crippen LogP contribution is -2.04. The predicted octanol–water partition coefficient (Wildman–Crippen LogP) is 2.01. The summed E-state index contributed by atoms with van der Waals surface area (Å²) in [7, 11) is -1.15. The minimum atomic E-state index is -2.58. The zero-order valence-electron chi connectivity index (χ0n) is 13.7. The van der Waals surface area contributed by atoms with Crippen molar-refractivity contribution in [1.29, 1.82) is 0 Å². The maximum Gasteiger partial charge on any atom is 0.221 e. The standard InChI is InChI=1S/C13H15BrN4O2/c1-19-10-5-7(4-9(14)11(10)20-2)3-8-6-17-13(16)18-12(8)15/h4-6H,3H2,1-2H3,(H4,15,16,17,18)/i2D3. The van der Waals surface area contributed by atoms with E-state index in [9.17, 15) is 0 Å². The summed E-state index contributed by atoms with van der Waals surface area (Å²) in [5, 5.41) is 0. The molecule has 0 atom stereocenters. The van der Waals surface area contributed by atoms with Crippen LogP contribution < -0.4 is 20.9 Å². The van der Waals surface area contributed by atoms with Crippen LogP contribution in [0.4, 0.5) is 11.8 Å². The molecule has 2 aromatic rings. The van der Waals surface area contributed by atoms with Crippen molar-refractivity contribution >= 4 is 27.7 Å².